The van der Waals surface area contributed by atoms with Gasteiger partial charge in [0.15, 0.2) is 0 Å². The summed E-state index contributed by atoms with van der Waals surface area (Å²) in [5.74, 6) is 0. The normalized spacial score (nSPS) is 9.88. The summed E-state index contributed by atoms with van der Waals surface area (Å²) in [6.07, 6.45) is 2.44. The molecule has 0 saturated heterocycles. The van der Waals surface area contributed by atoms with Crippen molar-refractivity contribution in [2.24, 2.45) is 7.05 Å². The summed E-state index contributed by atoms with van der Waals surface area (Å²) in [6, 6.07) is 8.34. The Morgan fingerprint density at radius 2 is 1.88 bits per heavy atom. The molecule has 0 aliphatic heterocycles. The van der Waals surface area contributed by atoms with Gasteiger partial charge in [0.05, 0.1) is 0 Å². The highest BCUT2D eigenvalue weighted by molar-refractivity contribution is 5.85. The summed E-state index contributed by atoms with van der Waals surface area (Å²) < 4.78 is 2.19. The number of fused-ring (bicyclic) bond motifs is 1. The van der Waals surface area contributed by atoms with Crippen LogP contribution in [0.5, 0.6) is 0 Å². The molecule has 0 aliphatic rings. The van der Waals surface area contributed by atoms with Gasteiger partial charge in [0.2, 0.25) is 0 Å². The summed E-state index contributed by atoms with van der Waals surface area (Å²) >= 11 is 0. The highest BCUT2D eigenvalue weighted by Gasteiger charge is 2.10. The Morgan fingerprint density at radius 3 is 2.53 bits per heavy atom. The van der Waals surface area contributed by atoms with Crippen LogP contribution in [-0.2, 0) is 18.3 Å². The molecule has 0 unspecified atom stereocenters. The zero-order valence-corrected chi connectivity index (χ0v) is 11.2. The number of aldehydes is 1. The van der Waals surface area contributed by atoms with Gasteiger partial charge >= 0.3 is 0 Å². The third-order valence-corrected chi connectivity index (χ3v) is 3.04. The van der Waals surface area contributed by atoms with Crippen LogP contribution in [0.15, 0.2) is 24.3 Å². The maximum absolute atomic E-state index is 10.4. The van der Waals surface area contributed by atoms with Gasteiger partial charge < -0.3 is 9.36 Å². The van der Waals surface area contributed by atoms with Gasteiger partial charge in [-0.3, -0.25) is 0 Å². The van der Waals surface area contributed by atoms with E-state index < -0.39 is 0 Å². The Labute approximate surface area is 103 Å². The van der Waals surface area contributed by atoms with Crippen molar-refractivity contribution in [2.75, 3.05) is 0 Å². The maximum atomic E-state index is 10.4. The van der Waals surface area contributed by atoms with E-state index in [9.17, 15) is 4.79 Å². The number of hydrogen-bond acceptors (Lipinski definition) is 1. The van der Waals surface area contributed by atoms with Gasteiger partial charge in [0.1, 0.15) is 6.29 Å². The number of hydrogen-bond donors (Lipinski definition) is 0. The number of benzene rings is 1. The maximum Gasteiger partial charge on any atom is 0.120 e. The third kappa shape index (κ3) is 2.57. The average molecular weight is 231 g/mol. The van der Waals surface area contributed by atoms with Crippen molar-refractivity contribution in [3.8, 4) is 0 Å². The van der Waals surface area contributed by atoms with E-state index in [0.29, 0.717) is 6.42 Å². The van der Waals surface area contributed by atoms with Crippen molar-refractivity contribution in [2.45, 2.75) is 33.6 Å². The predicted octanol–water partition coefficient (Wildman–Crippen LogP) is 3.64. The summed E-state index contributed by atoms with van der Waals surface area (Å²) in [7, 11) is 2.07. The van der Waals surface area contributed by atoms with Gasteiger partial charge in [0, 0.05) is 30.1 Å². The lowest BCUT2D eigenvalue weighted by Crippen LogP contribution is -1.93. The molecule has 1 heterocycles. The molecular formula is C15H21NO. The number of aryl methyl sites for hydroxylation is 2. The van der Waals surface area contributed by atoms with E-state index in [2.05, 4.69) is 30.7 Å². The van der Waals surface area contributed by atoms with Gasteiger partial charge in [-0.1, -0.05) is 32.0 Å². The van der Waals surface area contributed by atoms with Crippen LogP contribution in [0.25, 0.3) is 10.9 Å². The summed E-state index contributed by atoms with van der Waals surface area (Å²) in [5.41, 5.74) is 3.81. The third-order valence-electron chi connectivity index (χ3n) is 3.04. The molecule has 2 nitrogen and oxygen atoms in total. The number of carbonyl (C=O) groups is 1. The second-order valence-corrected chi connectivity index (χ2v) is 3.85. The smallest absolute Gasteiger partial charge is 0.120 e. The Kier molecular flexibility index (Phi) is 4.95. The topological polar surface area (TPSA) is 22.0 Å². The molecule has 0 bridgehead atoms. The minimum absolute atomic E-state index is 0.606. The molecule has 0 saturated carbocycles. The summed E-state index contributed by atoms with van der Waals surface area (Å²) in [5, 5.41) is 1.28. The lowest BCUT2D eigenvalue weighted by Gasteiger charge is -1.99. The van der Waals surface area contributed by atoms with Crippen molar-refractivity contribution >= 4 is 17.2 Å². The van der Waals surface area contributed by atoms with Crippen molar-refractivity contribution in [1.29, 1.82) is 0 Å². The first-order valence-electron chi connectivity index (χ1n) is 6.22. The number of carbonyl (C=O) groups excluding carboxylic acids is 1. The molecule has 1 aromatic carbocycles. The highest BCUT2D eigenvalue weighted by Crippen LogP contribution is 2.25. The number of rotatable bonds is 3. The van der Waals surface area contributed by atoms with Crippen molar-refractivity contribution in [1.82, 2.24) is 4.57 Å². The van der Waals surface area contributed by atoms with Crippen LogP contribution >= 0.6 is 0 Å². The molecule has 0 atom stereocenters. The Bertz CT molecular complexity index is 497. The van der Waals surface area contributed by atoms with E-state index in [1.807, 2.05) is 26.0 Å². The van der Waals surface area contributed by atoms with Crippen molar-refractivity contribution in [3.05, 3.63) is 35.5 Å². The molecule has 0 fully saturated rings. The molecule has 0 amide bonds. The standard InChI is InChI=1S/C13H15NO.C2H6/c1-10-11(7-5-9-15)12-6-3-4-8-13(12)14(10)2;1-2/h3-4,6,8-9H,5,7H2,1-2H3;1-2H3. The zero-order chi connectivity index (χ0) is 12.8. The zero-order valence-electron chi connectivity index (χ0n) is 11.2. The van der Waals surface area contributed by atoms with Crippen LogP contribution in [0.1, 0.15) is 31.5 Å². The minimum atomic E-state index is 0.606. The minimum Gasteiger partial charge on any atom is -0.348 e. The first kappa shape index (κ1) is 13.5. The van der Waals surface area contributed by atoms with Crippen LogP contribution in [-0.4, -0.2) is 10.9 Å². The summed E-state index contributed by atoms with van der Waals surface area (Å²) in [4.78, 5) is 10.4. The second kappa shape index (κ2) is 6.24. The molecular weight excluding hydrogens is 210 g/mol. The van der Waals surface area contributed by atoms with Crippen LogP contribution in [0, 0.1) is 6.92 Å². The second-order valence-electron chi connectivity index (χ2n) is 3.85. The van der Waals surface area contributed by atoms with E-state index in [1.165, 1.54) is 22.2 Å². The predicted molar refractivity (Wildman–Crippen MR) is 73.4 cm³/mol. The van der Waals surface area contributed by atoms with Crippen LogP contribution in [0.2, 0.25) is 0 Å². The van der Waals surface area contributed by atoms with E-state index in [1.54, 1.807) is 0 Å². The molecule has 0 aliphatic carbocycles. The summed E-state index contributed by atoms with van der Waals surface area (Å²) in [6.45, 7) is 6.11. The van der Waals surface area contributed by atoms with Gasteiger partial charge in [-0.2, -0.15) is 0 Å². The van der Waals surface area contributed by atoms with Gasteiger partial charge in [-0.05, 0) is 25.0 Å². The molecule has 92 valence electrons. The number of para-hydroxylation sites is 1. The fourth-order valence-electron chi connectivity index (χ4n) is 2.12. The average Bonchev–Trinajstić information content (AvgIpc) is 2.63. The lowest BCUT2D eigenvalue weighted by molar-refractivity contribution is -0.107. The molecule has 0 spiro atoms. The first-order chi connectivity index (χ1) is 8.25. The fourth-order valence-corrected chi connectivity index (χ4v) is 2.12. The van der Waals surface area contributed by atoms with Crippen LogP contribution < -0.4 is 0 Å². The van der Waals surface area contributed by atoms with Gasteiger partial charge in [0.25, 0.3) is 0 Å². The largest absolute Gasteiger partial charge is 0.348 e. The molecule has 2 aromatic rings. The van der Waals surface area contributed by atoms with E-state index >= 15 is 0 Å². The molecule has 0 N–H and O–H groups in total. The number of aromatic nitrogens is 1. The molecule has 17 heavy (non-hydrogen) atoms. The van der Waals surface area contributed by atoms with E-state index in [-0.39, 0.29) is 0 Å². The molecule has 2 rings (SSSR count). The van der Waals surface area contributed by atoms with Crippen molar-refractivity contribution in [3.63, 3.8) is 0 Å². The van der Waals surface area contributed by atoms with E-state index in [4.69, 9.17) is 0 Å². The highest BCUT2D eigenvalue weighted by atomic mass is 16.1. The number of nitrogens with zero attached hydrogens (tertiary/aromatic N) is 1. The monoisotopic (exact) mass is 231 g/mol. The molecule has 0 radical (unpaired) electrons. The fraction of sp³-hybridized carbons (Fsp3) is 0.400. The van der Waals surface area contributed by atoms with Gasteiger partial charge in [-0.25, -0.2) is 0 Å². The molecule has 1 aromatic heterocycles. The van der Waals surface area contributed by atoms with Gasteiger partial charge in [-0.15, -0.1) is 0 Å². The molecule has 2 heteroatoms. The van der Waals surface area contributed by atoms with Crippen LogP contribution in [0.3, 0.4) is 0 Å². The SMILES string of the molecule is CC.Cc1c(CCC=O)c2ccccc2n1C. The van der Waals surface area contributed by atoms with Crippen LogP contribution in [0.4, 0.5) is 0 Å². The van der Waals surface area contributed by atoms with Crippen molar-refractivity contribution < 1.29 is 4.79 Å². The Morgan fingerprint density at radius 1 is 1.24 bits per heavy atom. The first-order valence-corrected chi connectivity index (χ1v) is 6.22. The Balaban J connectivity index is 0.000000686. The quantitative estimate of drug-likeness (QED) is 0.739. The van der Waals surface area contributed by atoms with E-state index in [0.717, 1.165) is 12.7 Å². The lowest BCUT2D eigenvalue weighted by atomic mass is 10.1. The Hall–Kier alpha value is -1.57.